The largest absolute Gasteiger partial charge is 0.479 e. The zero-order valence-electron chi connectivity index (χ0n) is 22.1. The summed E-state index contributed by atoms with van der Waals surface area (Å²) >= 11 is 0. The molecule has 0 radical (unpaired) electrons. The summed E-state index contributed by atoms with van der Waals surface area (Å²) in [6.45, 7) is -2.89. The van der Waals surface area contributed by atoms with E-state index in [0.29, 0.717) is 4.90 Å². The van der Waals surface area contributed by atoms with Crippen molar-refractivity contribution in [2.24, 2.45) is 0 Å². The van der Waals surface area contributed by atoms with Gasteiger partial charge in [-0.2, -0.15) is 4.98 Å². The predicted molar refractivity (Wildman–Crippen MR) is 121 cm³/mol. The molecule has 1 saturated heterocycles. The number of nitrogens with zero attached hydrogens (tertiary/aromatic N) is 7. The molecule has 0 unspecified atom stereocenters. The fraction of sp³-hybridized carbons (Fsp3) is 0.455. The maximum atomic E-state index is 16.4. The normalized spacial score (nSPS) is 21.0. The van der Waals surface area contributed by atoms with E-state index in [0.717, 1.165) is 9.20 Å². The molecule has 3 aromatic heterocycles. The minimum absolute atomic E-state index is 0.115. The van der Waals surface area contributed by atoms with Crippen molar-refractivity contribution in [2.45, 2.75) is 37.7 Å². The summed E-state index contributed by atoms with van der Waals surface area (Å²) in [4.78, 5) is 4.63. The van der Waals surface area contributed by atoms with Gasteiger partial charge in [-0.1, -0.05) is 11.3 Å². The number of likely N-dealkylation sites (tertiary alicyclic amines) is 1. The molecule has 14 heteroatoms. The van der Waals surface area contributed by atoms with E-state index >= 15 is 13.2 Å². The molecule has 1 aliphatic heterocycles. The highest BCUT2D eigenvalue weighted by atomic mass is 19.3. The zero-order chi connectivity index (χ0) is 28.4. The molecular formula is C22H23F5N8O. The van der Waals surface area contributed by atoms with Crippen molar-refractivity contribution in [3.8, 4) is 17.0 Å². The van der Waals surface area contributed by atoms with Gasteiger partial charge in [0.25, 0.3) is 12.3 Å². The fourth-order valence-electron chi connectivity index (χ4n) is 4.62. The van der Waals surface area contributed by atoms with Crippen molar-refractivity contribution < 1.29 is 30.8 Å². The summed E-state index contributed by atoms with van der Waals surface area (Å²) < 4.78 is 104. The van der Waals surface area contributed by atoms with Crippen molar-refractivity contribution in [1.29, 1.82) is 0 Å². The lowest BCUT2D eigenvalue weighted by molar-refractivity contribution is -0.0788. The second-order valence-corrected chi connectivity index (χ2v) is 8.65. The van der Waals surface area contributed by atoms with Crippen LogP contribution in [0.4, 0.5) is 27.9 Å². The van der Waals surface area contributed by atoms with Gasteiger partial charge in [0.1, 0.15) is 17.1 Å². The van der Waals surface area contributed by atoms with E-state index in [1.807, 2.05) is 0 Å². The Morgan fingerprint density at radius 2 is 2.08 bits per heavy atom. The molecule has 0 aliphatic carbocycles. The number of nitrogens with two attached hydrogens (primary N) is 1. The maximum absolute atomic E-state index is 16.4. The van der Waals surface area contributed by atoms with Gasteiger partial charge >= 0.3 is 0 Å². The van der Waals surface area contributed by atoms with Crippen LogP contribution in [0.2, 0.25) is 0 Å². The van der Waals surface area contributed by atoms with Crippen LogP contribution in [0.25, 0.3) is 27.7 Å². The highest BCUT2D eigenvalue weighted by Crippen LogP contribution is 2.46. The Morgan fingerprint density at radius 1 is 1.31 bits per heavy atom. The predicted octanol–water partition coefficient (Wildman–Crippen LogP) is 3.75. The van der Waals surface area contributed by atoms with Crippen LogP contribution in [-0.2, 0) is 0 Å². The van der Waals surface area contributed by atoms with Gasteiger partial charge in [-0.05, 0) is 44.6 Å². The van der Waals surface area contributed by atoms with Gasteiger partial charge in [0, 0.05) is 4.11 Å². The van der Waals surface area contributed by atoms with Crippen molar-refractivity contribution in [2.75, 3.05) is 32.9 Å². The monoisotopic (exact) mass is 513 g/mol. The van der Waals surface area contributed by atoms with E-state index in [-0.39, 0.29) is 46.1 Å². The van der Waals surface area contributed by atoms with E-state index in [1.54, 1.807) is 0 Å². The topological polar surface area (TPSA) is 99.4 Å². The van der Waals surface area contributed by atoms with Gasteiger partial charge in [-0.15, -0.1) is 10.2 Å². The summed E-state index contributed by atoms with van der Waals surface area (Å²) in [6.07, 6.45) is -3.17. The summed E-state index contributed by atoms with van der Waals surface area (Å²) in [6, 6.07) is 2.88. The number of hydrogen-bond acceptors (Lipinski definition) is 7. The molecule has 0 amide bonds. The number of methoxy groups -OCH3 is 1. The summed E-state index contributed by atoms with van der Waals surface area (Å²) in [5, 5.41) is 11.7. The molecular weight excluding hydrogens is 487 g/mol. The van der Waals surface area contributed by atoms with Crippen LogP contribution in [-0.4, -0.2) is 74.0 Å². The van der Waals surface area contributed by atoms with Gasteiger partial charge in [-0.3, -0.25) is 0 Å². The molecule has 2 N–H and O–H groups in total. The van der Waals surface area contributed by atoms with Crippen LogP contribution in [0.3, 0.4) is 0 Å². The molecule has 36 heavy (non-hydrogen) atoms. The SMILES string of the molecule is [2H]C([2H])([2H])N1CC[C@H](c2c(F)c(-c3ccc4nnn([C@H](C)C(F)F)c4c3)c3c(OC)nc(N)nn23)C(F)(F)C1. The summed E-state index contributed by atoms with van der Waals surface area (Å²) in [5.41, 5.74) is 5.43. The Hall–Kier alpha value is -3.55. The number of alkyl halides is 4. The molecule has 1 fully saturated rings. The first kappa shape index (κ1) is 20.6. The summed E-state index contributed by atoms with van der Waals surface area (Å²) in [7, 11) is 1.23. The number of ether oxygens (including phenoxy) is 1. The smallest absolute Gasteiger partial charge is 0.268 e. The highest BCUT2D eigenvalue weighted by Gasteiger charge is 2.48. The molecule has 1 aromatic carbocycles. The third-order valence-corrected chi connectivity index (χ3v) is 6.38. The average Bonchev–Trinajstić information content (AvgIpc) is 3.39. The van der Waals surface area contributed by atoms with Crippen LogP contribution in [0.5, 0.6) is 5.88 Å². The number of rotatable bonds is 5. The molecule has 192 valence electrons. The van der Waals surface area contributed by atoms with Gasteiger partial charge in [0.15, 0.2) is 5.82 Å². The van der Waals surface area contributed by atoms with Crippen molar-refractivity contribution in [1.82, 2.24) is 34.5 Å². The standard InChI is InChI=1S/C22H23F5N8O/c1-10(19(24)25)34-14-8-11(4-5-13(14)30-32-34)15-16(23)17(12-6-7-33(2)9-22(12,26)27)35-18(15)20(36-3)29-21(28)31-35/h4-5,8,10,12,19H,6-7,9H2,1-3H3,(H2,28,31)/t10-,12-/m1/s1/i2D3. The number of halogens is 5. The molecule has 9 nitrogen and oxygen atoms in total. The van der Waals surface area contributed by atoms with Crippen LogP contribution in [0.15, 0.2) is 18.2 Å². The van der Waals surface area contributed by atoms with Crippen LogP contribution < -0.4 is 10.5 Å². The second-order valence-electron chi connectivity index (χ2n) is 8.65. The Morgan fingerprint density at radius 3 is 2.75 bits per heavy atom. The maximum Gasteiger partial charge on any atom is 0.268 e. The van der Waals surface area contributed by atoms with Gasteiger partial charge < -0.3 is 15.4 Å². The molecule has 2 atom stereocenters. The van der Waals surface area contributed by atoms with E-state index in [1.165, 1.54) is 32.2 Å². The highest BCUT2D eigenvalue weighted by molar-refractivity contribution is 5.90. The van der Waals surface area contributed by atoms with Gasteiger partial charge in [0.2, 0.25) is 11.8 Å². The van der Waals surface area contributed by atoms with Gasteiger partial charge in [-0.25, -0.2) is 31.1 Å². The molecule has 4 heterocycles. The first-order valence-electron chi connectivity index (χ1n) is 12.4. The first-order chi connectivity index (χ1) is 18.2. The third kappa shape index (κ3) is 3.70. The van der Waals surface area contributed by atoms with Crippen molar-refractivity contribution >= 4 is 22.5 Å². The second kappa shape index (κ2) is 8.54. The number of piperidine rings is 1. The number of nitrogen functional groups attached to an aromatic ring is 1. The first-order valence-corrected chi connectivity index (χ1v) is 10.9. The fourth-order valence-corrected chi connectivity index (χ4v) is 4.62. The van der Waals surface area contributed by atoms with E-state index in [9.17, 15) is 8.78 Å². The Bertz CT molecular complexity index is 1560. The average molecular weight is 513 g/mol. The number of benzene rings is 1. The molecule has 4 aromatic rings. The van der Waals surface area contributed by atoms with Crippen LogP contribution >= 0.6 is 0 Å². The van der Waals surface area contributed by atoms with E-state index in [4.69, 9.17) is 14.6 Å². The minimum Gasteiger partial charge on any atom is -0.479 e. The Balaban J connectivity index is 1.74. The van der Waals surface area contributed by atoms with Gasteiger partial charge in [0.05, 0.1) is 36.3 Å². The van der Waals surface area contributed by atoms with Crippen molar-refractivity contribution in [3.05, 3.63) is 29.7 Å². The Labute approximate surface area is 205 Å². The molecule has 0 bridgehead atoms. The third-order valence-electron chi connectivity index (χ3n) is 6.38. The molecule has 5 rings (SSSR count). The van der Waals surface area contributed by atoms with E-state index < -0.39 is 55.8 Å². The summed E-state index contributed by atoms with van der Waals surface area (Å²) in [5.74, 6) is -7.11. The lowest BCUT2D eigenvalue weighted by Gasteiger charge is -2.36. The molecule has 1 aliphatic rings. The van der Waals surface area contributed by atoms with E-state index in [2.05, 4.69) is 20.4 Å². The molecule has 0 saturated carbocycles. The molecule has 0 spiro atoms. The van der Waals surface area contributed by atoms with Crippen LogP contribution in [0.1, 0.15) is 35.1 Å². The number of hydrogen-bond donors (Lipinski definition) is 1. The number of fused-ring (bicyclic) bond motifs is 2. The number of aromatic nitrogens is 6. The lowest BCUT2D eigenvalue weighted by atomic mass is 9.89. The zero-order valence-corrected chi connectivity index (χ0v) is 19.1. The van der Waals surface area contributed by atoms with Crippen molar-refractivity contribution in [3.63, 3.8) is 0 Å². The Kier molecular flexibility index (Phi) is 4.89. The number of anilines is 1. The minimum atomic E-state index is -3.66. The van der Waals surface area contributed by atoms with Crippen LogP contribution in [0, 0.1) is 5.82 Å². The quantitative estimate of drug-likeness (QED) is 0.406. The lowest BCUT2D eigenvalue weighted by Crippen LogP contribution is -2.46.